The highest BCUT2D eigenvalue weighted by atomic mass is 16.6. The van der Waals surface area contributed by atoms with Crippen LogP contribution >= 0.6 is 0 Å². The third-order valence-corrected chi connectivity index (χ3v) is 3.30. The molecule has 116 valence electrons. The molecule has 1 aliphatic heterocycles. The predicted molar refractivity (Wildman–Crippen MR) is 81.2 cm³/mol. The molecule has 1 amide bonds. The second kappa shape index (κ2) is 6.28. The van der Waals surface area contributed by atoms with Crippen LogP contribution in [0.25, 0.3) is 0 Å². The molecule has 0 spiro atoms. The Morgan fingerprint density at radius 1 is 1.38 bits per heavy atom. The molecule has 1 aromatic rings. The third kappa shape index (κ3) is 4.58. The zero-order chi connectivity index (χ0) is 15.5. The van der Waals surface area contributed by atoms with Gasteiger partial charge in [0.2, 0.25) is 0 Å². The predicted octanol–water partition coefficient (Wildman–Crippen LogP) is 2.60. The highest BCUT2D eigenvalue weighted by Gasteiger charge is 2.27. The minimum atomic E-state index is -0.459. The summed E-state index contributed by atoms with van der Waals surface area (Å²) in [4.78, 5) is 22.4. The number of carbonyl (C=O) groups excluding carboxylic acids is 1. The van der Waals surface area contributed by atoms with E-state index in [1.165, 1.54) is 0 Å². The Morgan fingerprint density at radius 3 is 2.76 bits per heavy atom. The second-order valence-corrected chi connectivity index (χ2v) is 6.40. The second-order valence-electron chi connectivity index (χ2n) is 6.40. The van der Waals surface area contributed by atoms with Gasteiger partial charge in [0, 0.05) is 31.5 Å². The van der Waals surface area contributed by atoms with Crippen molar-refractivity contribution in [2.24, 2.45) is 0 Å². The number of anilines is 1. The topological polar surface area (TPSA) is 67.4 Å². The molecule has 1 fully saturated rings. The first-order valence-corrected chi connectivity index (χ1v) is 7.37. The Bertz CT molecular complexity index is 499. The summed E-state index contributed by atoms with van der Waals surface area (Å²) >= 11 is 0. The fraction of sp³-hybridized carbons (Fsp3) is 0.667. The molecule has 2 rings (SSSR count). The number of carbonyl (C=O) groups is 1. The molecule has 1 saturated heterocycles. The number of nitrogens with one attached hydrogen (secondary N) is 1. The number of aryl methyl sites for hydroxylation is 1. The van der Waals surface area contributed by atoms with Crippen LogP contribution in [0.3, 0.4) is 0 Å². The minimum Gasteiger partial charge on any atom is -0.444 e. The van der Waals surface area contributed by atoms with Crippen molar-refractivity contribution in [3.63, 3.8) is 0 Å². The number of ether oxygens (including phenoxy) is 1. The van der Waals surface area contributed by atoms with E-state index in [0.717, 1.165) is 30.9 Å². The molecule has 2 heterocycles. The van der Waals surface area contributed by atoms with Crippen molar-refractivity contribution in [1.29, 1.82) is 0 Å². The average molecular weight is 292 g/mol. The van der Waals surface area contributed by atoms with Crippen molar-refractivity contribution in [3.8, 4) is 0 Å². The number of hydrogen-bond acceptors (Lipinski definition) is 5. The van der Waals surface area contributed by atoms with E-state index in [0.29, 0.717) is 6.54 Å². The largest absolute Gasteiger partial charge is 0.444 e. The SMILES string of the molecule is Cc1nccnc1N[C@@H]1CCCN(C(=O)OC(C)(C)C)C1. The van der Waals surface area contributed by atoms with Crippen LogP contribution in [0, 0.1) is 6.92 Å². The van der Waals surface area contributed by atoms with Gasteiger partial charge >= 0.3 is 6.09 Å². The van der Waals surface area contributed by atoms with E-state index in [1.807, 2.05) is 27.7 Å². The van der Waals surface area contributed by atoms with Crippen LogP contribution in [0.2, 0.25) is 0 Å². The molecule has 0 aliphatic carbocycles. The molecule has 0 aromatic carbocycles. The lowest BCUT2D eigenvalue weighted by molar-refractivity contribution is 0.0206. The summed E-state index contributed by atoms with van der Waals surface area (Å²) in [6, 6.07) is 0.182. The number of amides is 1. The van der Waals surface area contributed by atoms with Gasteiger partial charge in [-0.3, -0.25) is 4.98 Å². The number of hydrogen-bond donors (Lipinski definition) is 1. The van der Waals surface area contributed by atoms with Crippen molar-refractivity contribution in [1.82, 2.24) is 14.9 Å². The van der Waals surface area contributed by atoms with Gasteiger partial charge < -0.3 is 15.0 Å². The van der Waals surface area contributed by atoms with Crippen LogP contribution in [0.15, 0.2) is 12.4 Å². The van der Waals surface area contributed by atoms with Gasteiger partial charge in [-0.1, -0.05) is 0 Å². The first kappa shape index (κ1) is 15.5. The van der Waals surface area contributed by atoms with E-state index < -0.39 is 5.60 Å². The number of nitrogens with zero attached hydrogens (tertiary/aromatic N) is 3. The van der Waals surface area contributed by atoms with E-state index in [-0.39, 0.29) is 12.1 Å². The number of piperidine rings is 1. The molecule has 0 bridgehead atoms. The summed E-state index contributed by atoms with van der Waals surface area (Å²) in [6.07, 6.45) is 5.06. The molecule has 1 N–H and O–H groups in total. The highest BCUT2D eigenvalue weighted by Crippen LogP contribution is 2.18. The summed E-state index contributed by atoms with van der Waals surface area (Å²) in [5.41, 5.74) is 0.408. The molecule has 0 unspecified atom stereocenters. The Balaban J connectivity index is 1.95. The quantitative estimate of drug-likeness (QED) is 0.907. The van der Waals surface area contributed by atoms with Crippen molar-refractivity contribution >= 4 is 11.9 Å². The number of aromatic nitrogens is 2. The normalized spacial score (nSPS) is 19.2. The van der Waals surface area contributed by atoms with E-state index in [1.54, 1.807) is 17.3 Å². The standard InChI is InChI=1S/C15H24N4O2/c1-11-13(17-8-7-16-11)18-12-6-5-9-19(10-12)14(20)21-15(2,3)4/h7-8,12H,5-6,9-10H2,1-4H3,(H,17,18)/t12-/m1/s1. The first-order chi connectivity index (χ1) is 9.85. The molecule has 6 nitrogen and oxygen atoms in total. The molecule has 1 aromatic heterocycles. The zero-order valence-electron chi connectivity index (χ0n) is 13.2. The summed E-state index contributed by atoms with van der Waals surface area (Å²) in [7, 11) is 0. The van der Waals surface area contributed by atoms with E-state index in [4.69, 9.17) is 4.74 Å². The van der Waals surface area contributed by atoms with E-state index in [9.17, 15) is 4.79 Å². The van der Waals surface area contributed by atoms with Crippen LogP contribution < -0.4 is 5.32 Å². The maximum absolute atomic E-state index is 12.1. The van der Waals surface area contributed by atoms with Crippen LogP contribution in [0.4, 0.5) is 10.6 Å². The van der Waals surface area contributed by atoms with Gasteiger partial charge in [0.25, 0.3) is 0 Å². The molecular weight excluding hydrogens is 268 g/mol. The van der Waals surface area contributed by atoms with Crippen molar-refractivity contribution in [2.75, 3.05) is 18.4 Å². The van der Waals surface area contributed by atoms with Crippen LogP contribution in [0.1, 0.15) is 39.3 Å². The van der Waals surface area contributed by atoms with Crippen molar-refractivity contribution in [3.05, 3.63) is 18.1 Å². The Labute approximate surface area is 125 Å². The number of likely N-dealkylation sites (tertiary alicyclic amines) is 1. The lowest BCUT2D eigenvalue weighted by atomic mass is 10.1. The lowest BCUT2D eigenvalue weighted by Crippen LogP contribution is -2.47. The first-order valence-electron chi connectivity index (χ1n) is 7.37. The summed E-state index contributed by atoms with van der Waals surface area (Å²) in [5.74, 6) is 0.786. The maximum atomic E-state index is 12.1. The summed E-state index contributed by atoms with van der Waals surface area (Å²) in [5, 5.41) is 3.37. The van der Waals surface area contributed by atoms with Gasteiger partial charge in [0.15, 0.2) is 0 Å². The molecule has 0 saturated carbocycles. The van der Waals surface area contributed by atoms with E-state index in [2.05, 4.69) is 15.3 Å². The van der Waals surface area contributed by atoms with Gasteiger partial charge in [0.05, 0.1) is 5.69 Å². The van der Waals surface area contributed by atoms with Gasteiger partial charge in [0.1, 0.15) is 11.4 Å². The van der Waals surface area contributed by atoms with Crippen LogP contribution in [-0.2, 0) is 4.74 Å². The Morgan fingerprint density at radius 2 is 2.10 bits per heavy atom. The fourth-order valence-corrected chi connectivity index (χ4v) is 2.33. The van der Waals surface area contributed by atoms with Gasteiger partial charge in [-0.15, -0.1) is 0 Å². The minimum absolute atomic E-state index is 0.182. The molecule has 21 heavy (non-hydrogen) atoms. The molecular formula is C15H24N4O2. The highest BCUT2D eigenvalue weighted by molar-refractivity contribution is 5.68. The van der Waals surface area contributed by atoms with Crippen LogP contribution in [-0.4, -0.2) is 45.7 Å². The van der Waals surface area contributed by atoms with Gasteiger partial charge in [-0.05, 0) is 40.5 Å². The maximum Gasteiger partial charge on any atom is 0.410 e. The Hall–Kier alpha value is -1.85. The Kier molecular flexibility index (Phi) is 4.65. The fourth-order valence-electron chi connectivity index (χ4n) is 2.33. The summed E-state index contributed by atoms with van der Waals surface area (Å²) < 4.78 is 5.43. The monoisotopic (exact) mass is 292 g/mol. The van der Waals surface area contributed by atoms with Crippen molar-refractivity contribution < 1.29 is 9.53 Å². The van der Waals surface area contributed by atoms with Crippen molar-refractivity contribution in [2.45, 2.75) is 52.2 Å². The molecule has 0 radical (unpaired) electrons. The smallest absolute Gasteiger partial charge is 0.410 e. The van der Waals surface area contributed by atoms with Crippen LogP contribution in [0.5, 0.6) is 0 Å². The molecule has 1 aliphatic rings. The van der Waals surface area contributed by atoms with Gasteiger partial charge in [-0.25, -0.2) is 9.78 Å². The molecule has 6 heteroatoms. The average Bonchev–Trinajstić information content (AvgIpc) is 2.40. The zero-order valence-corrected chi connectivity index (χ0v) is 13.2. The molecule has 1 atom stereocenters. The number of rotatable bonds is 2. The lowest BCUT2D eigenvalue weighted by Gasteiger charge is -2.34. The third-order valence-electron chi connectivity index (χ3n) is 3.30. The van der Waals surface area contributed by atoms with Gasteiger partial charge in [-0.2, -0.15) is 0 Å². The summed E-state index contributed by atoms with van der Waals surface area (Å²) in [6.45, 7) is 8.94. The van der Waals surface area contributed by atoms with E-state index >= 15 is 0 Å².